The van der Waals surface area contributed by atoms with Crippen molar-refractivity contribution in [2.45, 2.75) is 13.3 Å². The number of pyridine rings is 1. The molecule has 0 bridgehead atoms. The van der Waals surface area contributed by atoms with Crippen LogP contribution in [0.5, 0.6) is 5.75 Å². The molecule has 0 fully saturated rings. The van der Waals surface area contributed by atoms with Crippen LogP contribution in [0.1, 0.15) is 29.4 Å². The summed E-state index contributed by atoms with van der Waals surface area (Å²) in [7, 11) is 0. The molecule has 0 unspecified atom stereocenters. The number of carbonyl (C=O) groups excluding carboxylic acids is 1. The van der Waals surface area contributed by atoms with Gasteiger partial charge < -0.3 is 5.11 Å². The van der Waals surface area contributed by atoms with Gasteiger partial charge in [-0.2, -0.15) is 5.10 Å². The minimum atomic E-state index is -0.352. The van der Waals surface area contributed by atoms with Crippen LogP contribution in [0.4, 0.5) is 0 Å². The van der Waals surface area contributed by atoms with E-state index in [2.05, 4.69) is 15.5 Å². The highest BCUT2D eigenvalue weighted by Gasteiger charge is 2.06. The first-order valence-electron chi connectivity index (χ1n) is 6.28. The Morgan fingerprint density at radius 3 is 2.60 bits per heavy atom. The van der Waals surface area contributed by atoms with Crippen LogP contribution in [0, 0.1) is 0 Å². The van der Waals surface area contributed by atoms with E-state index in [1.165, 1.54) is 0 Å². The number of aromatic nitrogens is 1. The van der Waals surface area contributed by atoms with Crippen LogP contribution in [0.15, 0.2) is 53.8 Å². The number of hydrogen-bond donors (Lipinski definition) is 2. The molecule has 5 heteroatoms. The summed E-state index contributed by atoms with van der Waals surface area (Å²) in [5.41, 5.74) is 4.39. The van der Waals surface area contributed by atoms with Crippen LogP contribution in [0.3, 0.4) is 0 Å². The van der Waals surface area contributed by atoms with Crippen LogP contribution < -0.4 is 5.43 Å². The lowest BCUT2D eigenvalue weighted by molar-refractivity contribution is 0.0950. The normalized spacial score (nSPS) is 11.2. The predicted octanol–water partition coefficient (Wildman–Crippen LogP) is 2.33. The molecule has 0 saturated carbocycles. The van der Waals surface area contributed by atoms with Crippen LogP contribution in [0.25, 0.3) is 0 Å². The average Bonchev–Trinajstić information content (AvgIpc) is 2.50. The number of carbonyl (C=O) groups is 1. The Hall–Kier alpha value is -2.69. The molecule has 0 saturated heterocycles. The van der Waals surface area contributed by atoms with Crippen molar-refractivity contribution >= 4 is 11.6 Å². The minimum Gasteiger partial charge on any atom is -0.508 e. The largest absolute Gasteiger partial charge is 0.508 e. The van der Waals surface area contributed by atoms with Crippen molar-refractivity contribution in [2.75, 3.05) is 0 Å². The van der Waals surface area contributed by atoms with E-state index in [4.69, 9.17) is 0 Å². The van der Waals surface area contributed by atoms with Crippen molar-refractivity contribution in [3.05, 3.63) is 59.9 Å². The fraction of sp³-hybridized carbons (Fsp3) is 0.133. The van der Waals surface area contributed by atoms with Crippen molar-refractivity contribution in [3.63, 3.8) is 0 Å². The topological polar surface area (TPSA) is 74.6 Å². The maximum Gasteiger partial charge on any atom is 0.289 e. The van der Waals surface area contributed by atoms with E-state index >= 15 is 0 Å². The van der Waals surface area contributed by atoms with Gasteiger partial charge in [0.25, 0.3) is 5.91 Å². The fourth-order valence-corrected chi connectivity index (χ4v) is 1.67. The third-order valence-electron chi connectivity index (χ3n) is 2.73. The molecule has 2 rings (SSSR count). The molecule has 102 valence electrons. The summed E-state index contributed by atoms with van der Waals surface area (Å²) in [6, 6.07) is 11.8. The zero-order valence-corrected chi connectivity index (χ0v) is 11.1. The first-order valence-corrected chi connectivity index (χ1v) is 6.28. The number of aromatic hydroxyl groups is 1. The first kappa shape index (κ1) is 13.7. The number of phenols is 1. The zero-order chi connectivity index (χ0) is 14.4. The number of nitrogens with one attached hydrogen (secondary N) is 1. The number of amides is 1. The quantitative estimate of drug-likeness (QED) is 0.660. The zero-order valence-electron chi connectivity index (χ0n) is 11.1. The standard InChI is InChI=1S/C15H15N3O2/c1-2-13(11-6-8-12(19)9-7-11)17-18-15(20)14-5-3-4-10-16-14/h3-10,19H,2H2,1H3,(H,18,20)/b17-13+. The number of hydrogen-bond acceptors (Lipinski definition) is 4. The van der Waals surface area contributed by atoms with Gasteiger partial charge in [0.2, 0.25) is 0 Å². The molecule has 1 aromatic heterocycles. The third kappa shape index (κ3) is 3.41. The third-order valence-corrected chi connectivity index (χ3v) is 2.73. The molecule has 1 aromatic carbocycles. The molecule has 0 aliphatic rings. The summed E-state index contributed by atoms with van der Waals surface area (Å²) in [5.74, 6) is -0.156. The summed E-state index contributed by atoms with van der Waals surface area (Å²) < 4.78 is 0. The van der Waals surface area contributed by atoms with Gasteiger partial charge in [-0.1, -0.05) is 13.0 Å². The lowest BCUT2D eigenvalue weighted by Crippen LogP contribution is -2.20. The molecule has 5 nitrogen and oxygen atoms in total. The second kappa shape index (κ2) is 6.47. The molecule has 0 aliphatic carbocycles. The highest BCUT2D eigenvalue weighted by molar-refractivity contribution is 6.01. The smallest absolute Gasteiger partial charge is 0.289 e. The van der Waals surface area contributed by atoms with Crippen molar-refractivity contribution in [2.24, 2.45) is 5.10 Å². The number of hydrazone groups is 1. The highest BCUT2D eigenvalue weighted by atomic mass is 16.3. The number of phenolic OH excluding ortho intramolecular Hbond substituents is 1. The van der Waals surface area contributed by atoms with Crippen molar-refractivity contribution in [1.82, 2.24) is 10.4 Å². The van der Waals surface area contributed by atoms with Gasteiger partial charge in [-0.05, 0) is 48.4 Å². The molecule has 1 amide bonds. The Balaban J connectivity index is 2.12. The molecule has 20 heavy (non-hydrogen) atoms. The van der Waals surface area contributed by atoms with E-state index in [1.54, 1.807) is 48.7 Å². The number of rotatable bonds is 4. The summed E-state index contributed by atoms with van der Waals surface area (Å²) in [5, 5.41) is 13.4. The van der Waals surface area contributed by atoms with Crippen LogP contribution in [-0.4, -0.2) is 21.7 Å². The lowest BCUT2D eigenvalue weighted by Gasteiger charge is -2.05. The highest BCUT2D eigenvalue weighted by Crippen LogP contribution is 2.11. The van der Waals surface area contributed by atoms with Crippen molar-refractivity contribution in [1.29, 1.82) is 0 Å². The van der Waals surface area contributed by atoms with Crippen LogP contribution >= 0.6 is 0 Å². The maximum absolute atomic E-state index is 11.8. The van der Waals surface area contributed by atoms with Gasteiger partial charge in [-0.15, -0.1) is 0 Å². The van der Waals surface area contributed by atoms with E-state index in [0.29, 0.717) is 12.1 Å². The molecule has 0 radical (unpaired) electrons. The molecule has 0 spiro atoms. The van der Waals surface area contributed by atoms with Gasteiger partial charge in [-0.3, -0.25) is 9.78 Å². The van der Waals surface area contributed by atoms with Gasteiger partial charge in [0.05, 0.1) is 5.71 Å². The Labute approximate surface area is 117 Å². The molecule has 1 heterocycles. The van der Waals surface area contributed by atoms with E-state index < -0.39 is 0 Å². The SMILES string of the molecule is CC/C(=N\NC(=O)c1ccccn1)c1ccc(O)cc1. The van der Waals surface area contributed by atoms with Crippen molar-refractivity contribution in [3.8, 4) is 5.75 Å². The van der Waals surface area contributed by atoms with E-state index in [0.717, 1.165) is 11.3 Å². The predicted molar refractivity (Wildman–Crippen MR) is 76.6 cm³/mol. The molecule has 2 aromatic rings. The Morgan fingerprint density at radius 1 is 1.25 bits per heavy atom. The molecule has 0 aliphatic heterocycles. The summed E-state index contributed by atoms with van der Waals surface area (Å²) in [6.07, 6.45) is 2.21. The number of benzene rings is 1. The van der Waals surface area contributed by atoms with Gasteiger partial charge in [0.1, 0.15) is 11.4 Å². The average molecular weight is 269 g/mol. The van der Waals surface area contributed by atoms with Gasteiger partial charge in [0.15, 0.2) is 0 Å². The van der Waals surface area contributed by atoms with E-state index in [9.17, 15) is 9.90 Å². The second-order valence-electron chi connectivity index (χ2n) is 4.11. The molecular formula is C15H15N3O2. The molecule has 0 atom stereocenters. The molecule has 2 N–H and O–H groups in total. The summed E-state index contributed by atoms with van der Waals surface area (Å²) >= 11 is 0. The second-order valence-corrected chi connectivity index (χ2v) is 4.11. The van der Waals surface area contributed by atoms with Crippen LogP contribution in [0.2, 0.25) is 0 Å². The first-order chi connectivity index (χ1) is 9.70. The van der Waals surface area contributed by atoms with Gasteiger partial charge in [0, 0.05) is 6.20 Å². The Kier molecular flexibility index (Phi) is 4.44. The van der Waals surface area contributed by atoms with E-state index in [1.807, 2.05) is 6.92 Å². The maximum atomic E-state index is 11.8. The summed E-state index contributed by atoms with van der Waals surface area (Å²) in [4.78, 5) is 15.8. The Morgan fingerprint density at radius 2 is 2.00 bits per heavy atom. The monoisotopic (exact) mass is 269 g/mol. The van der Waals surface area contributed by atoms with Crippen LogP contribution in [-0.2, 0) is 0 Å². The minimum absolute atomic E-state index is 0.196. The lowest BCUT2D eigenvalue weighted by atomic mass is 10.1. The summed E-state index contributed by atoms with van der Waals surface area (Å²) in [6.45, 7) is 1.94. The Bertz CT molecular complexity index is 607. The molecular weight excluding hydrogens is 254 g/mol. The van der Waals surface area contributed by atoms with Gasteiger partial charge in [-0.25, -0.2) is 5.43 Å². The van der Waals surface area contributed by atoms with Crippen molar-refractivity contribution < 1.29 is 9.90 Å². The van der Waals surface area contributed by atoms with E-state index in [-0.39, 0.29) is 11.7 Å². The van der Waals surface area contributed by atoms with Gasteiger partial charge >= 0.3 is 0 Å². The number of nitrogens with zero attached hydrogens (tertiary/aromatic N) is 2. The fourth-order valence-electron chi connectivity index (χ4n) is 1.67.